The molecule has 3 aromatic carbocycles. The number of amides is 3. The van der Waals surface area contributed by atoms with Crippen molar-refractivity contribution in [3.63, 3.8) is 0 Å². The van der Waals surface area contributed by atoms with Crippen molar-refractivity contribution >= 4 is 69.6 Å². The minimum absolute atomic E-state index is 0.0925. The zero-order valence-electron chi connectivity index (χ0n) is 18.1. The first-order valence-corrected chi connectivity index (χ1v) is 11.3. The van der Waals surface area contributed by atoms with E-state index in [9.17, 15) is 14.4 Å². The topological polar surface area (TPSA) is 78.5 Å². The Morgan fingerprint density at radius 1 is 0.794 bits per heavy atom. The number of halogens is 3. The second-order valence-corrected chi connectivity index (χ2v) is 8.98. The van der Waals surface area contributed by atoms with Crippen molar-refractivity contribution in [1.29, 1.82) is 0 Å². The van der Waals surface area contributed by atoms with E-state index in [1.165, 1.54) is 18.2 Å². The maximum atomic E-state index is 12.9. The summed E-state index contributed by atoms with van der Waals surface area (Å²) in [5.74, 6) is -1.64. The summed E-state index contributed by atoms with van der Waals surface area (Å²) >= 11 is 18.2. The molecule has 172 valence electrons. The van der Waals surface area contributed by atoms with Crippen LogP contribution in [-0.2, 0) is 9.59 Å². The maximum absolute atomic E-state index is 12.9. The van der Waals surface area contributed by atoms with E-state index < -0.39 is 11.8 Å². The number of aryl methyl sites for hydroxylation is 2. The quantitative estimate of drug-likeness (QED) is 0.392. The van der Waals surface area contributed by atoms with E-state index >= 15 is 0 Å². The van der Waals surface area contributed by atoms with Gasteiger partial charge < -0.3 is 10.6 Å². The van der Waals surface area contributed by atoms with E-state index in [4.69, 9.17) is 34.8 Å². The van der Waals surface area contributed by atoms with Crippen molar-refractivity contribution in [2.45, 2.75) is 13.8 Å². The Balaban J connectivity index is 1.50. The third-order valence-electron chi connectivity index (χ3n) is 5.07. The highest BCUT2D eigenvalue weighted by atomic mass is 35.5. The highest BCUT2D eigenvalue weighted by Crippen LogP contribution is 2.35. The normalized spacial score (nSPS) is 13.5. The second kappa shape index (κ2) is 9.50. The molecule has 1 aliphatic rings. The second-order valence-electron chi connectivity index (χ2n) is 7.76. The lowest BCUT2D eigenvalue weighted by molar-refractivity contribution is -0.120. The molecule has 2 N–H and O–H groups in total. The van der Waals surface area contributed by atoms with Gasteiger partial charge in [0.2, 0.25) is 0 Å². The first kappa shape index (κ1) is 23.8. The lowest BCUT2D eigenvalue weighted by atomic mass is 10.1. The summed E-state index contributed by atoms with van der Waals surface area (Å²) in [5, 5.41) is 5.97. The van der Waals surface area contributed by atoms with E-state index in [2.05, 4.69) is 10.6 Å². The molecule has 3 aromatic rings. The van der Waals surface area contributed by atoms with Crippen LogP contribution in [0.5, 0.6) is 0 Å². The van der Waals surface area contributed by atoms with Crippen LogP contribution < -0.4 is 15.5 Å². The molecule has 0 spiro atoms. The summed E-state index contributed by atoms with van der Waals surface area (Å²) in [7, 11) is 0. The van der Waals surface area contributed by atoms with Crippen LogP contribution in [-0.4, -0.2) is 17.7 Å². The number of benzene rings is 3. The number of anilines is 3. The fraction of sp³-hybridized carbons (Fsp3) is 0.0800. The molecule has 3 amide bonds. The van der Waals surface area contributed by atoms with E-state index in [1.54, 1.807) is 24.3 Å². The summed E-state index contributed by atoms with van der Waals surface area (Å²) in [6.07, 6.45) is 0. The molecule has 0 fully saturated rings. The van der Waals surface area contributed by atoms with Crippen LogP contribution in [0.25, 0.3) is 0 Å². The number of hydrogen-bond donors (Lipinski definition) is 2. The van der Waals surface area contributed by atoms with Crippen LogP contribution >= 0.6 is 34.8 Å². The van der Waals surface area contributed by atoms with Crippen molar-refractivity contribution in [3.05, 3.63) is 98.1 Å². The standard InChI is InChI=1S/C25H18Cl3N3O3/c1-13-9-14(2)11-18(10-13)30-23(32)15-3-6-17(7-4-15)29-22-21(28)24(33)31(25(22)34)20-8-5-16(26)12-19(20)27/h3-12,29H,1-2H3,(H,30,32). The van der Waals surface area contributed by atoms with Gasteiger partial charge in [-0.15, -0.1) is 0 Å². The molecule has 0 saturated carbocycles. The van der Waals surface area contributed by atoms with Crippen molar-refractivity contribution in [3.8, 4) is 0 Å². The number of rotatable bonds is 5. The molecule has 0 bridgehead atoms. The average molecular weight is 515 g/mol. The van der Waals surface area contributed by atoms with Gasteiger partial charge in [-0.2, -0.15) is 0 Å². The highest BCUT2D eigenvalue weighted by Gasteiger charge is 2.39. The summed E-state index contributed by atoms with van der Waals surface area (Å²) in [6.45, 7) is 3.92. The predicted octanol–water partition coefficient (Wildman–Crippen LogP) is 6.30. The van der Waals surface area contributed by atoms with Gasteiger partial charge >= 0.3 is 0 Å². The number of carbonyl (C=O) groups excluding carboxylic acids is 3. The van der Waals surface area contributed by atoms with Crippen LogP contribution in [0.15, 0.2) is 71.4 Å². The van der Waals surface area contributed by atoms with Crippen molar-refractivity contribution in [1.82, 2.24) is 0 Å². The van der Waals surface area contributed by atoms with Gasteiger partial charge in [0.1, 0.15) is 10.7 Å². The fourth-order valence-corrected chi connectivity index (χ4v) is 4.30. The number of imide groups is 1. The van der Waals surface area contributed by atoms with Crippen LogP contribution in [0.3, 0.4) is 0 Å². The Morgan fingerprint density at radius 3 is 2.06 bits per heavy atom. The monoisotopic (exact) mass is 513 g/mol. The van der Waals surface area contributed by atoms with E-state index in [1.807, 2.05) is 32.0 Å². The van der Waals surface area contributed by atoms with E-state index in [-0.39, 0.29) is 27.3 Å². The molecule has 6 nitrogen and oxygen atoms in total. The first-order chi connectivity index (χ1) is 16.1. The summed E-state index contributed by atoms with van der Waals surface area (Å²) < 4.78 is 0. The van der Waals surface area contributed by atoms with Gasteiger partial charge in [0.15, 0.2) is 0 Å². The smallest absolute Gasteiger partial charge is 0.283 e. The molecule has 34 heavy (non-hydrogen) atoms. The van der Waals surface area contributed by atoms with Crippen molar-refractivity contribution < 1.29 is 14.4 Å². The number of carbonyl (C=O) groups is 3. The lowest BCUT2D eigenvalue weighted by Gasteiger charge is -2.16. The van der Waals surface area contributed by atoms with Gasteiger partial charge in [0.05, 0.1) is 10.7 Å². The van der Waals surface area contributed by atoms with E-state index in [0.717, 1.165) is 16.0 Å². The Kier molecular flexibility index (Phi) is 6.66. The summed E-state index contributed by atoms with van der Waals surface area (Å²) in [5.41, 5.74) is 3.78. The molecule has 0 radical (unpaired) electrons. The van der Waals surface area contributed by atoms with Crippen LogP contribution in [0.2, 0.25) is 10.0 Å². The third-order valence-corrected chi connectivity index (χ3v) is 5.96. The van der Waals surface area contributed by atoms with Gasteiger partial charge in [-0.3, -0.25) is 14.4 Å². The van der Waals surface area contributed by atoms with Gasteiger partial charge in [-0.05, 0) is 79.6 Å². The molecule has 0 aliphatic carbocycles. The Hall–Kier alpha value is -3.32. The summed E-state index contributed by atoms with van der Waals surface area (Å²) in [6, 6.07) is 16.6. The predicted molar refractivity (Wildman–Crippen MR) is 136 cm³/mol. The molecule has 4 rings (SSSR count). The zero-order chi connectivity index (χ0) is 24.6. The molecule has 0 saturated heterocycles. The molecular weight excluding hydrogens is 497 g/mol. The molecule has 0 unspecified atom stereocenters. The lowest BCUT2D eigenvalue weighted by Crippen LogP contribution is -2.32. The van der Waals surface area contributed by atoms with Gasteiger partial charge in [0.25, 0.3) is 17.7 Å². The Morgan fingerprint density at radius 2 is 1.44 bits per heavy atom. The largest absolute Gasteiger partial charge is 0.350 e. The molecule has 1 heterocycles. The number of nitrogens with one attached hydrogen (secondary N) is 2. The van der Waals surface area contributed by atoms with Crippen molar-refractivity contribution in [2.75, 3.05) is 15.5 Å². The van der Waals surface area contributed by atoms with Crippen molar-refractivity contribution in [2.24, 2.45) is 0 Å². The molecule has 1 aliphatic heterocycles. The summed E-state index contributed by atoms with van der Waals surface area (Å²) in [4.78, 5) is 39.1. The third kappa shape index (κ3) is 4.80. The highest BCUT2D eigenvalue weighted by molar-refractivity contribution is 6.54. The van der Waals surface area contributed by atoms with Gasteiger partial charge in [-0.25, -0.2) is 4.90 Å². The fourth-order valence-electron chi connectivity index (χ4n) is 3.59. The van der Waals surface area contributed by atoms with Crippen LogP contribution in [0.4, 0.5) is 17.1 Å². The SMILES string of the molecule is Cc1cc(C)cc(NC(=O)c2ccc(NC3=C(Cl)C(=O)N(c4ccc(Cl)cc4Cl)C3=O)cc2)c1. The minimum Gasteiger partial charge on any atom is -0.350 e. The van der Waals surface area contributed by atoms with E-state index in [0.29, 0.717) is 22.0 Å². The molecule has 0 atom stereocenters. The minimum atomic E-state index is -0.706. The molecule has 9 heteroatoms. The number of nitrogens with zero attached hydrogens (tertiary/aromatic N) is 1. The zero-order valence-corrected chi connectivity index (χ0v) is 20.3. The number of hydrogen-bond acceptors (Lipinski definition) is 4. The molecule has 0 aromatic heterocycles. The van der Waals surface area contributed by atoms with Crippen LogP contribution in [0.1, 0.15) is 21.5 Å². The van der Waals surface area contributed by atoms with Gasteiger partial charge in [-0.1, -0.05) is 40.9 Å². The van der Waals surface area contributed by atoms with Gasteiger partial charge in [0, 0.05) is 22.0 Å². The Labute approximate surface area is 211 Å². The Bertz CT molecular complexity index is 1350. The maximum Gasteiger partial charge on any atom is 0.283 e. The first-order valence-electron chi connectivity index (χ1n) is 10.1. The van der Waals surface area contributed by atoms with Crippen LogP contribution in [0, 0.1) is 13.8 Å². The molecular formula is C25H18Cl3N3O3. The average Bonchev–Trinajstić information content (AvgIpc) is 2.97.